The average Bonchev–Trinajstić information content (AvgIpc) is 1.94. The van der Waals surface area contributed by atoms with E-state index in [1.807, 2.05) is 0 Å². The lowest BCUT2D eigenvalue weighted by molar-refractivity contribution is -0.135. The Labute approximate surface area is 72.1 Å². The summed E-state index contributed by atoms with van der Waals surface area (Å²) in [5.41, 5.74) is -0.00333. The van der Waals surface area contributed by atoms with Crippen LogP contribution in [0.15, 0.2) is 0 Å². The summed E-state index contributed by atoms with van der Waals surface area (Å²) in [5, 5.41) is 0. The first-order valence-corrected chi connectivity index (χ1v) is 4.64. The summed E-state index contributed by atoms with van der Waals surface area (Å²) in [6.45, 7) is 2.09. The van der Waals surface area contributed by atoms with E-state index in [9.17, 15) is 4.79 Å². The van der Waals surface area contributed by atoms with Crippen molar-refractivity contribution in [3.63, 3.8) is 0 Å². The van der Waals surface area contributed by atoms with Gasteiger partial charge in [-0.1, -0.05) is 6.92 Å². The lowest BCUT2D eigenvalue weighted by atomic mass is 9.60. The Balaban J connectivity index is 2.29. The predicted molar refractivity (Wildman–Crippen MR) is 44.8 cm³/mol. The Hall–Kier alpha value is -0.0400. The molecule has 0 atom stereocenters. The van der Waals surface area contributed by atoms with Gasteiger partial charge in [0, 0.05) is 11.8 Å². The van der Waals surface area contributed by atoms with Crippen LogP contribution in [-0.4, -0.2) is 10.7 Å². The zero-order valence-corrected chi connectivity index (χ0v) is 7.58. The Morgan fingerprint density at radius 3 is 2.18 bits per heavy atom. The highest BCUT2D eigenvalue weighted by Gasteiger charge is 2.50. The van der Waals surface area contributed by atoms with Crippen molar-refractivity contribution in [2.24, 2.45) is 5.41 Å². The minimum atomic E-state index is -0.144. The molecule has 2 bridgehead atoms. The topological polar surface area (TPSA) is 17.1 Å². The molecule has 0 aromatic rings. The number of halogens is 1. The highest BCUT2D eigenvalue weighted by molar-refractivity contribution is 6.26. The van der Waals surface area contributed by atoms with Crippen molar-refractivity contribution in [2.75, 3.05) is 0 Å². The van der Waals surface area contributed by atoms with Crippen LogP contribution in [0.1, 0.15) is 39.0 Å². The van der Waals surface area contributed by atoms with Crippen molar-refractivity contribution in [2.45, 2.75) is 43.9 Å². The first-order valence-electron chi connectivity index (χ1n) is 4.26. The number of ketones is 1. The van der Waals surface area contributed by atoms with Crippen LogP contribution in [0.4, 0.5) is 0 Å². The normalized spacial score (nSPS) is 49.8. The second-order valence-corrected chi connectivity index (χ2v) is 5.11. The molecule has 3 rings (SSSR count). The molecule has 3 saturated carbocycles. The van der Waals surface area contributed by atoms with Gasteiger partial charge in [0.05, 0.1) is 4.87 Å². The fraction of sp³-hybridized carbons (Fsp3) is 0.889. The Bertz CT molecular complexity index is 202. The van der Waals surface area contributed by atoms with Crippen LogP contribution in [-0.2, 0) is 4.79 Å². The summed E-state index contributed by atoms with van der Waals surface area (Å²) in [4.78, 5) is 11.4. The highest BCUT2D eigenvalue weighted by Crippen LogP contribution is 2.52. The molecule has 11 heavy (non-hydrogen) atoms. The molecule has 3 aliphatic rings. The number of carbonyl (C=O) groups excluding carboxylic acids is 1. The number of rotatable bonds is 0. The first kappa shape index (κ1) is 7.60. The molecule has 0 N–H and O–H groups in total. The molecule has 0 aromatic heterocycles. The third-order valence-corrected chi connectivity index (χ3v) is 3.91. The van der Waals surface area contributed by atoms with Crippen LogP contribution in [0.2, 0.25) is 0 Å². The summed E-state index contributed by atoms with van der Waals surface area (Å²) in [7, 11) is 0. The molecule has 0 amide bonds. The van der Waals surface area contributed by atoms with E-state index in [0.29, 0.717) is 12.2 Å². The second-order valence-electron chi connectivity index (χ2n) is 4.31. The molecule has 0 aliphatic heterocycles. The monoisotopic (exact) mass is 172 g/mol. The molecule has 3 fully saturated rings. The van der Waals surface area contributed by atoms with Gasteiger partial charge < -0.3 is 0 Å². The Kier molecular flexibility index (Phi) is 1.39. The van der Waals surface area contributed by atoms with Crippen LogP contribution >= 0.6 is 11.6 Å². The Morgan fingerprint density at radius 1 is 1.27 bits per heavy atom. The van der Waals surface area contributed by atoms with Crippen molar-refractivity contribution in [1.29, 1.82) is 0 Å². The number of carbonyl (C=O) groups is 1. The zero-order valence-electron chi connectivity index (χ0n) is 6.82. The summed E-state index contributed by atoms with van der Waals surface area (Å²) in [5.74, 6) is 0.394. The molecule has 0 heterocycles. The van der Waals surface area contributed by atoms with Crippen molar-refractivity contribution >= 4 is 17.4 Å². The van der Waals surface area contributed by atoms with Crippen LogP contribution < -0.4 is 0 Å². The van der Waals surface area contributed by atoms with Crippen molar-refractivity contribution in [3.8, 4) is 0 Å². The molecule has 62 valence electrons. The van der Waals surface area contributed by atoms with Gasteiger partial charge in [0.25, 0.3) is 0 Å². The molecular formula is C9H13ClO. The average molecular weight is 173 g/mol. The summed E-state index contributed by atoms with van der Waals surface area (Å²) in [6, 6.07) is 0. The van der Waals surface area contributed by atoms with E-state index >= 15 is 0 Å². The van der Waals surface area contributed by atoms with E-state index in [-0.39, 0.29) is 10.3 Å². The van der Waals surface area contributed by atoms with Gasteiger partial charge in [0.15, 0.2) is 0 Å². The van der Waals surface area contributed by atoms with Gasteiger partial charge in [-0.05, 0) is 25.7 Å². The van der Waals surface area contributed by atoms with Crippen molar-refractivity contribution in [1.82, 2.24) is 0 Å². The molecule has 0 saturated heterocycles. The van der Waals surface area contributed by atoms with Gasteiger partial charge in [0.1, 0.15) is 5.78 Å². The molecule has 0 radical (unpaired) electrons. The van der Waals surface area contributed by atoms with Crippen LogP contribution in [0.3, 0.4) is 0 Å². The van der Waals surface area contributed by atoms with Gasteiger partial charge in [0.2, 0.25) is 0 Å². The van der Waals surface area contributed by atoms with E-state index in [1.165, 1.54) is 0 Å². The smallest absolute Gasteiger partial charge is 0.140 e. The highest BCUT2D eigenvalue weighted by atomic mass is 35.5. The third-order valence-electron chi connectivity index (χ3n) is 3.40. The first-order chi connectivity index (χ1) is 5.04. The Morgan fingerprint density at radius 2 is 1.82 bits per heavy atom. The third kappa shape index (κ3) is 1.01. The lowest BCUT2D eigenvalue weighted by Gasteiger charge is -2.47. The molecule has 1 nitrogen and oxygen atoms in total. The maximum Gasteiger partial charge on any atom is 0.140 e. The van der Waals surface area contributed by atoms with E-state index in [2.05, 4.69) is 6.92 Å². The molecule has 2 heteroatoms. The van der Waals surface area contributed by atoms with Gasteiger partial charge in [-0.2, -0.15) is 0 Å². The SMILES string of the molecule is CC12CCC(Cl)(CC1)CC2=O. The van der Waals surface area contributed by atoms with Crippen LogP contribution in [0.25, 0.3) is 0 Å². The van der Waals surface area contributed by atoms with E-state index < -0.39 is 0 Å². The number of hydrogen-bond donors (Lipinski definition) is 0. The van der Waals surface area contributed by atoms with E-state index in [0.717, 1.165) is 25.7 Å². The minimum Gasteiger partial charge on any atom is -0.299 e. The zero-order chi connectivity index (χ0) is 8.11. The maximum atomic E-state index is 11.5. The molecule has 3 aliphatic carbocycles. The number of fused-ring (bicyclic) bond motifs is 3. The number of Topliss-reactive ketones (excluding diaryl/α,β-unsaturated/α-hetero) is 1. The number of alkyl halides is 1. The standard InChI is InChI=1S/C9H13ClO/c1-8-2-4-9(10,5-3-8)6-7(8)11/h2-6H2,1H3. The summed E-state index contributed by atoms with van der Waals surface area (Å²) < 4.78 is 0. The molecule has 0 aromatic carbocycles. The molecule has 0 unspecified atom stereocenters. The predicted octanol–water partition coefficient (Wildman–Crippen LogP) is 2.52. The molecular weight excluding hydrogens is 160 g/mol. The van der Waals surface area contributed by atoms with Gasteiger partial charge in [-0.3, -0.25) is 4.79 Å². The second kappa shape index (κ2) is 2.01. The number of hydrogen-bond acceptors (Lipinski definition) is 1. The van der Waals surface area contributed by atoms with Crippen molar-refractivity contribution < 1.29 is 4.79 Å². The lowest BCUT2D eigenvalue weighted by Crippen LogP contribution is -2.47. The van der Waals surface area contributed by atoms with E-state index in [4.69, 9.17) is 11.6 Å². The van der Waals surface area contributed by atoms with Gasteiger partial charge in [-0.25, -0.2) is 0 Å². The summed E-state index contributed by atoms with van der Waals surface area (Å²) in [6.07, 6.45) is 4.71. The largest absolute Gasteiger partial charge is 0.299 e. The fourth-order valence-corrected chi connectivity index (χ4v) is 2.52. The van der Waals surface area contributed by atoms with Gasteiger partial charge in [-0.15, -0.1) is 11.6 Å². The van der Waals surface area contributed by atoms with Crippen LogP contribution in [0, 0.1) is 5.41 Å². The van der Waals surface area contributed by atoms with Crippen molar-refractivity contribution in [3.05, 3.63) is 0 Å². The fourth-order valence-electron chi connectivity index (χ4n) is 2.21. The minimum absolute atomic E-state index is 0.00333. The molecule has 0 spiro atoms. The quantitative estimate of drug-likeness (QED) is 0.514. The van der Waals surface area contributed by atoms with Gasteiger partial charge >= 0.3 is 0 Å². The maximum absolute atomic E-state index is 11.5. The van der Waals surface area contributed by atoms with E-state index in [1.54, 1.807) is 0 Å². The van der Waals surface area contributed by atoms with Crippen LogP contribution in [0.5, 0.6) is 0 Å². The summed E-state index contributed by atoms with van der Waals surface area (Å²) >= 11 is 6.23.